The topological polar surface area (TPSA) is 139 Å². The summed E-state index contributed by atoms with van der Waals surface area (Å²) in [5.41, 5.74) is 1.05. The van der Waals surface area contributed by atoms with Crippen molar-refractivity contribution in [2.45, 2.75) is 32.4 Å². The molecule has 5 amide bonds. The Morgan fingerprint density at radius 2 is 2.03 bits per heavy atom. The van der Waals surface area contributed by atoms with Crippen LogP contribution in [-0.2, 0) is 16.1 Å². The quantitative estimate of drug-likeness (QED) is 0.712. The summed E-state index contributed by atoms with van der Waals surface area (Å²) in [6.07, 6.45) is 1.44. The molecule has 0 saturated carbocycles. The van der Waals surface area contributed by atoms with E-state index in [-0.39, 0.29) is 42.2 Å². The lowest BCUT2D eigenvalue weighted by atomic mass is 10.0. The molecule has 0 radical (unpaired) electrons. The Bertz CT molecular complexity index is 1070. The van der Waals surface area contributed by atoms with Gasteiger partial charge < -0.3 is 9.32 Å². The van der Waals surface area contributed by atoms with Crippen LogP contribution in [0.2, 0.25) is 0 Å². The van der Waals surface area contributed by atoms with Gasteiger partial charge in [0.15, 0.2) is 6.39 Å². The third-order valence-corrected chi connectivity index (χ3v) is 4.98. The Kier molecular flexibility index (Phi) is 4.45. The molecule has 2 N–H and O–H groups in total. The molecule has 29 heavy (non-hydrogen) atoms. The van der Waals surface area contributed by atoms with Crippen molar-refractivity contribution in [1.29, 1.82) is 0 Å². The molecule has 10 heteroatoms. The number of amides is 5. The number of rotatable bonds is 3. The second-order valence-electron chi connectivity index (χ2n) is 6.79. The van der Waals surface area contributed by atoms with Crippen molar-refractivity contribution in [3.05, 3.63) is 52.7 Å². The van der Waals surface area contributed by atoms with E-state index in [4.69, 9.17) is 4.42 Å². The van der Waals surface area contributed by atoms with Crippen LogP contribution < -0.4 is 10.6 Å². The zero-order valence-electron chi connectivity index (χ0n) is 15.4. The SMILES string of the molecule is Cc1ncoc1C(=O)NC(=O)c1cccc2c1C(=O)N(C1CCC(=O)NC1=O)C2. The predicted octanol–water partition coefficient (Wildman–Crippen LogP) is 0.314. The number of benzene rings is 1. The van der Waals surface area contributed by atoms with E-state index in [0.29, 0.717) is 11.3 Å². The van der Waals surface area contributed by atoms with E-state index in [2.05, 4.69) is 15.6 Å². The summed E-state index contributed by atoms with van der Waals surface area (Å²) in [6.45, 7) is 1.70. The van der Waals surface area contributed by atoms with Crippen LogP contribution in [0.15, 0.2) is 29.0 Å². The average molecular weight is 396 g/mol. The predicted molar refractivity (Wildman–Crippen MR) is 95.5 cm³/mol. The molecule has 1 saturated heterocycles. The minimum atomic E-state index is -0.790. The third kappa shape index (κ3) is 3.18. The van der Waals surface area contributed by atoms with Crippen molar-refractivity contribution >= 4 is 29.5 Å². The largest absolute Gasteiger partial charge is 0.438 e. The van der Waals surface area contributed by atoms with Crippen LogP contribution in [-0.4, -0.2) is 45.5 Å². The second-order valence-corrected chi connectivity index (χ2v) is 6.79. The van der Waals surface area contributed by atoms with Crippen molar-refractivity contribution in [2.75, 3.05) is 0 Å². The van der Waals surface area contributed by atoms with Gasteiger partial charge in [-0.15, -0.1) is 0 Å². The molecule has 10 nitrogen and oxygen atoms in total. The summed E-state index contributed by atoms with van der Waals surface area (Å²) in [5.74, 6) is -3.04. The van der Waals surface area contributed by atoms with Crippen LogP contribution in [0.25, 0.3) is 0 Å². The minimum absolute atomic E-state index is 0.0211. The summed E-state index contributed by atoms with van der Waals surface area (Å²) in [4.78, 5) is 66.5. The van der Waals surface area contributed by atoms with Crippen molar-refractivity contribution in [3.8, 4) is 0 Å². The van der Waals surface area contributed by atoms with Crippen molar-refractivity contribution < 1.29 is 28.4 Å². The van der Waals surface area contributed by atoms with Crippen LogP contribution in [0, 0.1) is 6.92 Å². The van der Waals surface area contributed by atoms with Gasteiger partial charge in [0.05, 0.1) is 16.8 Å². The number of piperidine rings is 1. The fourth-order valence-electron chi connectivity index (χ4n) is 3.55. The van der Waals surface area contributed by atoms with Crippen LogP contribution in [0.5, 0.6) is 0 Å². The number of oxazole rings is 1. The molecule has 4 rings (SSSR count). The lowest BCUT2D eigenvalue weighted by Gasteiger charge is -2.29. The first-order valence-corrected chi connectivity index (χ1v) is 8.89. The fraction of sp³-hybridized carbons (Fsp3) is 0.263. The van der Waals surface area contributed by atoms with Gasteiger partial charge in [-0.2, -0.15) is 0 Å². The highest BCUT2D eigenvalue weighted by molar-refractivity contribution is 6.16. The highest BCUT2D eigenvalue weighted by Crippen LogP contribution is 2.29. The monoisotopic (exact) mass is 396 g/mol. The minimum Gasteiger partial charge on any atom is -0.438 e. The Labute approximate surface area is 164 Å². The zero-order valence-corrected chi connectivity index (χ0v) is 15.4. The number of carbonyl (C=O) groups is 5. The molecular weight excluding hydrogens is 380 g/mol. The van der Waals surface area contributed by atoms with Gasteiger partial charge in [0.1, 0.15) is 6.04 Å². The third-order valence-electron chi connectivity index (χ3n) is 4.98. The lowest BCUT2D eigenvalue weighted by Crippen LogP contribution is -2.52. The summed E-state index contributed by atoms with van der Waals surface area (Å²) in [6, 6.07) is 3.92. The number of nitrogens with one attached hydrogen (secondary N) is 2. The Morgan fingerprint density at radius 1 is 1.24 bits per heavy atom. The van der Waals surface area contributed by atoms with Gasteiger partial charge in [0.2, 0.25) is 17.6 Å². The first kappa shape index (κ1) is 18.5. The molecule has 2 aliphatic heterocycles. The van der Waals surface area contributed by atoms with Crippen LogP contribution in [0.4, 0.5) is 0 Å². The second kappa shape index (κ2) is 6.97. The molecule has 148 valence electrons. The van der Waals surface area contributed by atoms with E-state index in [1.165, 1.54) is 11.0 Å². The zero-order chi connectivity index (χ0) is 20.7. The first-order valence-electron chi connectivity index (χ1n) is 8.89. The maximum atomic E-state index is 13.0. The van der Waals surface area contributed by atoms with E-state index < -0.39 is 29.7 Å². The number of aryl methyl sites for hydroxylation is 1. The van der Waals surface area contributed by atoms with Gasteiger partial charge in [0.25, 0.3) is 17.7 Å². The highest BCUT2D eigenvalue weighted by atomic mass is 16.3. The van der Waals surface area contributed by atoms with Gasteiger partial charge in [-0.05, 0) is 25.0 Å². The summed E-state index contributed by atoms with van der Waals surface area (Å²) in [5, 5.41) is 4.42. The van der Waals surface area contributed by atoms with Crippen LogP contribution in [0.1, 0.15) is 55.4 Å². The molecule has 1 unspecified atom stereocenters. The van der Waals surface area contributed by atoms with E-state index in [0.717, 1.165) is 6.39 Å². The molecule has 1 aromatic heterocycles. The van der Waals surface area contributed by atoms with E-state index in [9.17, 15) is 24.0 Å². The van der Waals surface area contributed by atoms with E-state index in [1.807, 2.05) is 0 Å². The summed E-state index contributed by atoms with van der Waals surface area (Å²) in [7, 11) is 0. The summed E-state index contributed by atoms with van der Waals surface area (Å²) >= 11 is 0. The van der Waals surface area contributed by atoms with Crippen molar-refractivity contribution in [3.63, 3.8) is 0 Å². The van der Waals surface area contributed by atoms with Gasteiger partial charge in [0, 0.05) is 13.0 Å². The van der Waals surface area contributed by atoms with Crippen molar-refractivity contribution in [2.24, 2.45) is 0 Å². The molecule has 1 fully saturated rings. The number of carbonyl (C=O) groups excluding carboxylic acids is 5. The smallest absolute Gasteiger partial charge is 0.295 e. The maximum Gasteiger partial charge on any atom is 0.295 e. The fourth-order valence-corrected chi connectivity index (χ4v) is 3.55. The van der Waals surface area contributed by atoms with Crippen LogP contribution in [0.3, 0.4) is 0 Å². The lowest BCUT2D eigenvalue weighted by molar-refractivity contribution is -0.136. The molecule has 2 aromatic rings. The maximum absolute atomic E-state index is 13.0. The van der Waals surface area contributed by atoms with E-state index >= 15 is 0 Å². The van der Waals surface area contributed by atoms with Crippen LogP contribution >= 0.6 is 0 Å². The van der Waals surface area contributed by atoms with Gasteiger partial charge in [-0.25, -0.2) is 4.98 Å². The number of hydrogen-bond donors (Lipinski definition) is 2. The average Bonchev–Trinajstić information content (AvgIpc) is 3.25. The molecule has 0 spiro atoms. The first-order chi connectivity index (χ1) is 13.9. The van der Waals surface area contributed by atoms with Crippen molar-refractivity contribution in [1.82, 2.24) is 20.5 Å². The summed E-state index contributed by atoms with van der Waals surface area (Å²) < 4.78 is 4.97. The Hall–Kier alpha value is -3.82. The molecule has 0 bridgehead atoms. The molecule has 2 aliphatic rings. The molecule has 1 atom stereocenters. The normalized spacial score (nSPS) is 18.4. The van der Waals surface area contributed by atoms with Gasteiger partial charge in [-0.1, -0.05) is 12.1 Å². The number of imide groups is 2. The number of fused-ring (bicyclic) bond motifs is 1. The molecule has 1 aromatic carbocycles. The number of nitrogens with zero attached hydrogens (tertiary/aromatic N) is 2. The number of aromatic nitrogens is 1. The standard InChI is InChI=1S/C19H16N4O6/c1-9-15(29-8-20-9)18(27)22-16(25)11-4-2-3-10-7-23(19(28)14(10)11)12-5-6-13(24)21-17(12)26/h2-4,8,12H,5-7H2,1H3,(H,21,24,26)(H,22,25,27). The van der Waals surface area contributed by atoms with Gasteiger partial charge in [-0.3, -0.25) is 34.6 Å². The molecule has 0 aliphatic carbocycles. The molecule has 3 heterocycles. The number of hydrogen-bond acceptors (Lipinski definition) is 7. The highest BCUT2D eigenvalue weighted by Gasteiger charge is 2.40. The Morgan fingerprint density at radius 3 is 2.72 bits per heavy atom. The van der Waals surface area contributed by atoms with Gasteiger partial charge >= 0.3 is 0 Å². The van der Waals surface area contributed by atoms with E-state index in [1.54, 1.807) is 19.1 Å². The Balaban J connectivity index is 1.58. The molecular formula is C19H16N4O6.